The molecule has 0 aliphatic carbocycles. The molecule has 2 heterocycles. The van der Waals surface area contributed by atoms with Crippen molar-refractivity contribution in [3.05, 3.63) is 52.0 Å². The summed E-state index contributed by atoms with van der Waals surface area (Å²) in [4.78, 5) is 21.4. The molecule has 0 atom stereocenters. The molecule has 0 spiro atoms. The fourth-order valence-corrected chi connectivity index (χ4v) is 4.09. The lowest BCUT2D eigenvalue weighted by Gasteiger charge is -2.21. The minimum Gasteiger partial charge on any atom is -0.346 e. The highest BCUT2D eigenvalue weighted by molar-refractivity contribution is 7.13. The third kappa shape index (κ3) is 4.41. The van der Waals surface area contributed by atoms with Gasteiger partial charge in [-0.15, -0.1) is 11.3 Å². The van der Waals surface area contributed by atoms with Crippen LogP contribution >= 0.6 is 22.9 Å². The summed E-state index contributed by atoms with van der Waals surface area (Å²) in [7, 11) is 0. The van der Waals surface area contributed by atoms with Gasteiger partial charge in [0.25, 0.3) is 0 Å². The van der Waals surface area contributed by atoms with Crippen LogP contribution < -0.4 is 4.90 Å². The standard InChI is InChI=1S/C19H22ClN3OS/c1-14(16-6-3-4-7-17(16)20)12-18(24)22-8-5-9-23(11-10-22)19-21-15(2)13-25-19/h3-4,6-7,12-13H,5,8-11H2,1-2H3/b14-12-. The number of amides is 1. The first-order chi connectivity index (χ1) is 12.0. The zero-order chi connectivity index (χ0) is 17.8. The van der Waals surface area contributed by atoms with Gasteiger partial charge in [0.15, 0.2) is 5.13 Å². The molecule has 6 heteroatoms. The number of benzene rings is 1. The molecule has 0 radical (unpaired) electrons. The number of aryl methyl sites for hydroxylation is 1. The van der Waals surface area contributed by atoms with E-state index in [1.807, 2.05) is 43.0 Å². The number of nitrogens with zero attached hydrogens (tertiary/aromatic N) is 3. The number of thiazole rings is 1. The smallest absolute Gasteiger partial charge is 0.246 e. The van der Waals surface area contributed by atoms with Gasteiger partial charge in [-0.05, 0) is 37.5 Å². The maximum absolute atomic E-state index is 12.7. The molecule has 1 fully saturated rings. The summed E-state index contributed by atoms with van der Waals surface area (Å²) in [5.41, 5.74) is 2.86. The van der Waals surface area contributed by atoms with E-state index < -0.39 is 0 Å². The Morgan fingerprint density at radius 1 is 1.24 bits per heavy atom. The molecular weight excluding hydrogens is 354 g/mol. The number of allylic oxidation sites excluding steroid dienone is 1. The molecule has 1 saturated heterocycles. The Balaban J connectivity index is 1.67. The minimum atomic E-state index is 0.0505. The van der Waals surface area contributed by atoms with E-state index in [4.69, 9.17) is 11.6 Å². The third-order valence-electron chi connectivity index (χ3n) is 4.32. The lowest BCUT2D eigenvalue weighted by atomic mass is 10.1. The van der Waals surface area contributed by atoms with Crippen LogP contribution in [0.5, 0.6) is 0 Å². The van der Waals surface area contributed by atoms with Crippen molar-refractivity contribution >= 4 is 39.5 Å². The van der Waals surface area contributed by atoms with Gasteiger partial charge in [0, 0.05) is 42.7 Å². The number of halogens is 1. The predicted molar refractivity (Wildman–Crippen MR) is 105 cm³/mol. The topological polar surface area (TPSA) is 36.4 Å². The second-order valence-electron chi connectivity index (χ2n) is 6.24. The van der Waals surface area contributed by atoms with Gasteiger partial charge in [0.05, 0.1) is 5.69 Å². The van der Waals surface area contributed by atoms with Gasteiger partial charge >= 0.3 is 0 Å². The van der Waals surface area contributed by atoms with Crippen molar-refractivity contribution < 1.29 is 4.79 Å². The third-order valence-corrected chi connectivity index (χ3v) is 5.67. The summed E-state index contributed by atoms with van der Waals surface area (Å²) < 4.78 is 0. The Hall–Kier alpha value is -1.85. The first-order valence-corrected chi connectivity index (χ1v) is 9.69. The van der Waals surface area contributed by atoms with E-state index in [-0.39, 0.29) is 5.91 Å². The Labute approximate surface area is 157 Å². The average molecular weight is 376 g/mol. The first-order valence-electron chi connectivity index (χ1n) is 8.44. The van der Waals surface area contributed by atoms with Crippen LogP contribution in [0.15, 0.2) is 35.7 Å². The minimum absolute atomic E-state index is 0.0505. The van der Waals surface area contributed by atoms with Crippen molar-refractivity contribution in [3.8, 4) is 0 Å². The van der Waals surface area contributed by atoms with E-state index in [0.29, 0.717) is 11.6 Å². The Morgan fingerprint density at radius 3 is 2.76 bits per heavy atom. The van der Waals surface area contributed by atoms with E-state index in [0.717, 1.165) is 48.0 Å². The number of carbonyl (C=O) groups is 1. The highest BCUT2D eigenvalue weighted by Crippen LogP contribution is 2.24. The van der Waals surface area contributed by atoms with Crippen molar-refractivity contribution in [2.75, 3.05) is 31.1 Å². The maximum atomic E-state index is 12.7. The van der Waals surface area contributed by atoms with E-state index in [1.165, 1.54) is 0 Å². The molecule has 1 aromatic heterocycles. The zero-order valence-corrected chi connectivity index (χ0v) is 16.1. The fraction of sp³-hybridized carbons (Fsp3) is 0.368. The van der Waals surface area contributed by atoms with Crippen LogP contribution in [0.4, 0.5) is 5.13 Å². The van der Waals surface area contributed by atoms with Crippen LogP contribution in [-0.2, 0) is 4.79 Å². The quantitative estimate of drug-likeness (QED) is 0.752. The molecular formula is C19H22ClN3OS. The lowest BCUT2D eigenvalue weighted by molar-refractivity contribution is -0.125. The largest absolute Gasteiger partial charge is 0.346 e. The summed E-state index contributed by atoms with van der Waals surface area (Å²) in [6.45, 7) is 7.18. The lowest BCUT2D eigenvalue weighted by Crippen LogP contribution is -2.34. The van der Waals surface area contributed by atoms with Crippen molar-refractivity contribution in [3.63, 3.8) is 0 Å². The number of hydrogen-bond donors (Lipinski definition) is 0. The van der Waals surface area contributed by atoms with Crippen molar-refractivity contribution in [1.82, 2.24) is 9.88 Å². The number of aromatic nitrogens is 1. The van der Waals surface area contributed by atoms with Crippen LogP contribution in [0.3, 0.4) is 0 Å². The second kappa shape index (κ2) is 8.02. The Morgan fingerprint density at radius 2 is 2.04 bits per heavy atom. The van der Waals surface area contributed by atoms with Crippen LogP contribution in [0.25, 0.3) is 5.57 Å². The highest BCUT2D eigenvalue weighted by Gasteiger charge is 2.20. The van der Waals surface area contributed by atoms with E-state index in [2.05, 4.69) is 15.3 Å². The SMILES string of the molecule is C/C(=C/C(=O)N1CCCN(c2nc(C)cs2)CC1)c1ccccc1Cl. The molecule has 1 aromatic carbocycles. The van der Waals surface area contributed by atoms with Crippen LogP contribution in [0, 0.1) is 6.92 Å². The monoisotopic (exact) mass is 375 g/mol. The Bertz CT molecular complexity index is 786. The Kier molecular flexibility index (Phi) is 5.76. The molecule has 1 amide bonds. The van der Waals surface area contributed by atoms with Gasteiger partial charge in [0.2, 0.25) is 5.91 Å². The predicted octanol–water partition coefficient (Wildman–Crippen LogP) is 4.25. The molecule has 1 aliphatic rings. The number of rotatable bonds is 3. The molecule has 1 aliphatic heterocycles. The molecule has 0 saturated carbocycles. The van der Waals surface area contributed by atoms with Gasteiger partial charge in [-0.25, -0.2) is 4.98 Å². The molecule has 2 aromatic rings. The van der Waals surface area contributed by atoms with Crippen LogP contribution in [-0.4, -0.2) is 42.0 Å². The van der Waals surface area contributed by atoms with E-state index >= 15 is 0 Å². The van der Waals surface area contributed by atoms with Crippen LogP contribution in [0.1, 0.15) is 24.6 Å². The van der Waals surface area contributed by atoms with Crippen molar-refractivity contribution in [1.29, 1.82) is 0 Å². The van der Waals surface area contributed by atoms with Gasteiger partial charge in [0.1, 0.15) is 0 Å². The first kappa shape index (κ1) is 18.0. The van der Waals surface area contributed by atoms with Crippen molar-refractivity contribution in [2.45, 2.75) is 20.3 Å². The molecule has 132 valence electrons. The molecule has 0 N–H and O–H groups in total. The highest BCUT2D eigenvalue weighted by atomic mass is 35.5. The molecule has 0 unspecified atom stereocenters. The fourth-order valence-electron chi connectivity index (χ4n) is 2.95. The molecule has 0 bridgehead atoms. The number of hydrogen-bond acceptors (Lipinski definition) is 4. The average Bonchev–Trinajstić information content (AvgIpc) is 2.88. The molecule has 25 heavy (non-hydrogen) atoms. The second-order valence-corrected chi connectivity index (χ2v) is 7.49. The summed E-state index contributed by atoms with van der Waals surface area (Å²) >= 11 is 7.89. The van der Waals surface area contributed by atoms with Gasteiger partial charge in [-0.2, -0.15) is 0 Å². The number of carbonyl (C=O) groups excluding carboxylic acids is 1. The number of anilines is 1. The van der Waals surface area contributed by atoms with Gasteiger partial charge < -0.3 is 9.80 Å². The summed E-state index contributed by atoms with van der Waals surface area (Å²) in [5.74, 6) is 0.0505. The van der Waals surface area contributed by atoms with Gasteiger partial charge in [-0.3, -0.25) is 4.79 Å². The normalized spacial score (nSPS) is 16.0. The summed E-state index contributed by atoms with van der Waals surface area (Å²) in [6.07, 6.45) is 2.65. The van der Waals surface area contributed by atoms with E-state index in [1.54, 1.807) is 17.4 Å². The zero-order valence-electron chi connectivity index (χ0n) is 14.5. The summed E-state index contributed by atoms with van der Waals surface area (Å²) in [5, 5.41) is 3.79. The van der Waals surface area contributed by atoms with Gasteiger partial charge in [-0.1, -0.05) is 29.8 Å². The molecule has 3 rings (SSSR count). The van der Waals surface area contributed by atoms with Crippen molar-refractivity contribution in [2.24, 2.45) is 0 Å². The summed E-state index contributed by atoms with van der Waals surface area (Å²) in [6, 6.07) is 7.61. The van der Waals surface area contributed by atoms with E-state index in [9.17, 15) is 4.79 Å². The molecule has 4 nitrogen and oxygen atoms in total. The maximum Gasteiger partial charge on any atom is 0.246 e. The van der Waals surface area contributed by atoms with Crippen LogP contribution in [0.2, 0.25) is 5.02 Å².